The van der Waals surface area contributed by atoms with Crippen LogP contribution < -0.4 is 24.8 Å². The molecule has 0 aliphatic carbocycles. The summed E-state index contributed by atoms with van der Waals surface area (Å²) in [6.07, 6.45) is 4.62. The zero-order valence-corrected chi connectivity index (χ0v) is 20.3. The Hall–Kier alpha value is -4.24. The number of amidine groups is 1. The van der Waals surface area contributed by atoms with E-state index in [1.807, 2.05) is 42.6 Å². The van der Waals surface area contributed by atoms with Crippen LogP contribution in [0.5, 0.6) is 17.2 Å². The summed E-state index contributed by atoms with van der Waals surface area (Å²) in [5.41, 5.74) is 6.45. The van der Waals surface area contributed by atoms with Crippen LogP contribution in [-0.4, -0.2) is 56.7 Å². The molecule has 3 aromatic rings. The lowest BCUT2D eigenvalue weighted by Gasteiger charge is -2.10. The summed E-state index contributed by atoms with van der Waals surface area (Å²) < 4.78 is 22.1. The molecule has 3 aliphatic rings. The lowest BCUT2D eigenvalue weighted by Crippen LogP contribution is -2.18. The van der Waals surface area contributed by atoms with E-state index in [0.717, 1.165) is 45.1 Å². The van der Waals surface area contributed by atoms with Crippen molar-refractivity contribution >= 4 is 34.6 Å². The van der Waals surface area contributed by atoms with Gasteiger partial charge in [-0.1, -0.05) is 6.07 Å². The number of hydrogen-bond acceptors (Lipinski definition) is 7. The first-order valence-electron chi connectivity index (χ1n) is 11.7. The molecule has 4 N–H and O–H groups in total. The molecule has 9 nitrogen and oxygen atoms in total. The minimum atomic E-state index is -0.551. The van der Waals surface area contributed by atoms with Crippen molar-refractivity contribution in [1.29, 1.82) is 5.41 Å². The second-order valence-corrected chi connectivity index (χ2v) is 8.84. The zero-order chi connectivity index (χ0) is 24.9. The van der Waals surface area contributed by atoms with Gasteiger partial charge in [0.15, 0.2) is 23.1 Å². The molecule has 9 heteroatoms. The lowest BCUT2D eigenvalue weighted by atomic mass is 9.97. The van der Waals surface area contributed by atoms with Crippen molar-refractivity contribution in [3.63, 3.8) is 0 Å². The third-order valence-electron chi connectivity index (χ3n) is 6.79. The minimum Gasteiger partial charge on any atom is -0.495 e. The van der Waals surface area contributed by atoms with Crippen molar-refractivity contribution in [1.82, 2.24) is 4.98 Å². The number of H-pyrrole nitrogens is 1. The molecule has 3 aliphatic heterocycles. The predicted octanol–water partition coefficient (Wildman–Crippen LogP) is 4.17. The molecule has 4 heterocycles. The Morgan fingerprint density at radius 2 is 1.86 bits per heavy atom. The van der Waals surface area contributed by atoms with Crippen molar-refractivity contribution in [2.45, 2.75) is 12.1 Å². The number of ether oxygens (including phenoxy) is 4. The van der Waals surface area contributed by atoms with Gasteiger partial charge in [0.2, 0.25) is 0 Å². The monoisotopic (exact) mass is 485 g/mol. The summed E-state index contributed by atoms with van der Waals surface area (Å²) >= 11 is 0. The lowest BCUT2D eigenvalue weighted by molar-refractivity contribution is 0.354. The summed E-state index contributed by atoms with van der Waals surface area (Å²) in [5, 5.41) is 15.7. The van der Waals surface area contributed by atoms with Crippen LogP contribution in [0.4, 0.5) is 11.4 Å². The van der Waals surface area contributed by atoms with E-state index >= 15 is 0 Å². The number of fused-ring (bicyclic) bond motifs is 3. The van der Waals surface area contributed by atoms with E-state index in [9.17, 15) is 0 Å². The maximum Gasteiger partial charge on any atom is 0.189 e. The van der Waals surface area contributed by atoms with Crippen LogP contribution in [0.1, 0.15) is 22.4 Å². The van der Waals surface area contributed by atoms with Crippen LogP contribution in [0.2, 0.25) is 0 Å². The summed E-state index contributed by atoms with van der Waals surface area (Å²) in [6.45, 7) is 1.11. The van der Waals surface area contributed by atoms with E-state index in [-0.39, 0.29) is 0 Å². The second-order valence-electron chi connectivity index (χ2n) is 8.84. The predicted molar refractivity (Wildman–Crippen MR) is 140 cm³/mol. The molecule has 0 bridgehead atoms. The van der Waals surface area contributed by atoms with Gasteiger partial charge >= 0.3 is 0 Å². The van der Waals surface area contributed by atoms with Gasteiger partial charge in [0.1, 0.15) is 18.1 Å². The van der Waals surface area contributed by atoms with E-state index in [2.05, 4.69) is 21.7 Å². The molecule has 2 aromatic carbocycles. The quantitative estimate of drug-likeness (QED) is 0.374. The Morgan fingerprint density at radius 3 is 2.61 bits per heavy atom. The number of nitrogens with zero attached hydrogens (tertiary/aromatic N) is 1. The molecule has 184 valence electrons. The molecule has 1 spiro atoms. The van der Waals surface area contributed by atoms with Crippen LogP contribution >= 0.6 is 0 Å². The van der Waals surface area contributed by atoms with Crippen molar-refractivity contribution in [3.8, 4) is 17.2 Å². The Bertz CT molecular complexity index is 1430. The van der Waals surface area contributed by atoms with E-state index in [0.29, 0.717) is 42.6 Å². The van der Waals surface area contributed by atoms with Gasteiger partial charge in [-0.25, -0.2) is 0 Å². The molecule has 6 rings (SSSR count). The van der Waals surface area contributed by atoms with Crippen LogP contribution in [-0.2, 0) is 11.2 Å². The van der Waals surface area contributed by atoms with Crippen molar-refractivity contribution in [2.75, 3.05) is 45.1 Å². The number of hydrogen-bond donors (Lipinski definition) is 4. The van der Waals surface area contributed by atoms with Crippen LogP contribution in [0.25, 0.3) is 11.6 Å². The Morgan fingerprint density at radius 1 is 1.06 bits per heavy atom. The van der Waals surface area contributed by atoms with Crippen LogP contribution in [0, 0.1) is 5.41 Å². The van der Waals surface area contributed by atoms with Crippen molar-refractivity contribution in [2.24, 2.45) is 4.99 Å². The van der Waals surface area contributed by atoms with Gasteiger partial charge in [-0.05, 0) is 48.4 Å². The number of nitrogens with one attached hydrogen (secondary N) is 4. The summed E-state index contributed by atoms with van der Waals surface area (Å²) in [6, 6.07) is 11.7. The maximum absolute atomic E-state index is 8.76. The number of aromatic nitrogens is 1. The molecule has 0 saturated carbocycles. The molecule has 1 saturated heterocycles. The SMILES string of the molecule is COc1ccc(CCN=C2Nc3c(ccc4c3/C(=C/c3[nH]ccc3OC)C3(CO3)N4)C2=N)cc1OC. The first-order valence-corrected chi connectivity index (χ1v) is 11.7. The third kappa shape index (κ3) is 3.51. The van der Waals surface area contributed by atoms with E-state index in [1.54, 1.807) is 21.3 Å². The zero-order valence-electron chi connectivity index (χ0n) is 20.3. The fourth-order valence-electron chi connectivity index (χ4n) is 4.86. The fraction of sp³-hybridized carbons (Fsp3) is 0.259. The van der Waals surface area contributed by atoms with E-state index in [4.69, 9.17) is 29.3 Å². The highest BCUT2D eigenvalue weighted by Gasteiger charge is 2.55. The molecule has 1 unspecified atom stereocenters. The van der Waals surface area contributed by atoms with Gasteiger partial charge < -0.3 is 34.6 Å². The average molecular weight is 486 g/mol. The largest absolute Gasteiger partial charge is 0.495 e. The summed E-state index contributed by atoms with van der Waals surface area (Å²) in [4.78, 5) is 7.97. The number of anilines is 2. The molecule has 1 atom stereocenters. The first kappa shape index (κ1) is 22.2. The number of epoxide rings is 1. The number of aromatic amines is 1. The Labute approximate surface area is 208 Å². The second kappa shape index (κ2) is 8.46. The molecular weight excluding hydrogens is 458 g/mol. The summed E-state index contributed by atoms with van der Waals surface area (Å²) in [7, 11) is 4.90. The third-order valence-corrected chi connectivity index (χ3v) is 6.79. The van der Waals surface area contributed by atoms with Gasteiger partial charge in [-0.3, -0.25) is 10.4 Å². The number of aliphatic imine (C=N–C) groups is 1. The van der Waals surface area contributed by atoms with E-state index < -0.39 is 5.72 Å². The smallest absolute Gasteiger partial charge is 0.189 e. The highest BCUT2D eigenvalue weighted by molar-refractivity contribution is 6.55. The minimum absolute atomic E-state index is 0.384. The van der Waals surface area contributed by atoms with Gasteiger partial charge in [0, 0.05) is 35.1 Å². The van der Waals surface area contributed by atoms with Crippen molar-refractivity contribution in [3.05, 3.63) is 65.0 Å². The number of methoxy groups -OCH3 is 3. The number of benzene rings is 2. The topological polar surface area (TPSA) is 116 Å². The molecule has 0 amide bonds. The Kier molecular flexibility index (Phi) is 5.22. The molecule has 1 fully saturated rings. The molecule has 1 aromatic heterocycles. The average Bonchev–Trinajstić information content (AvgIpc) is 3.25. The standard InChI is InChI=1S/C27H27N5O4/c1-33-20-9-11-29-19(20)13-17-23-18(32-27(17)14-36-27)6-5-16-24(28)26(31-25(16)23)30-10-8-15-4-7-21(34-2)22(12-15)35-3/h4-7,9,11-13,29,32H,8,10,14H2,1-3H3,(H2,28,30,31)/b17-13-. The fourth-order valence-corrected chi connectivity index (χ4v) is 4.86. The molecular formula is C27H27N5O4. The maximum atomic E-state index is 8.76. The normalized spacial score (nSPS) is 21.4. The summed E-state index contributed by atoms with van der Waals surface area (Å²) in [5.74, 6) is 2.72. The van der Waals surface area contributed by atoms with Crippen molar-refractivity contribution < 1.29 is 18.9 Å². The highest BCUT2D eigenvalue weighted by Crippen LogP contribution is 2.54. The number of rotatable bonds is 7. The molecule has 0 radical (unpaired) electrons. The van der Waals surface area contributed by atoms with Gasteiger partial charge in [0.25, 0.3) is 0 Å². The van der Waals surface area contributed by atoms with Crippen LogP contribution in [0.15, 0.2) is 47.6 Å². The van der Waals surface area contributed by atoms with E-state index in [1.165, 1.54) is 0 Å². The van der Waals surface area contributed by atoms with Gasteiger partial charge in [-0.15, -0.1) is 0 Å². The Balaban J connectivity index is 1.28. The first-order chi connectivity index (χ1) is 17.6. The molecule has 36 heavy (non-hydrogen) atoms. The van der Waals surface area contributed by atoms with Gasteiger partial charge in [-0.2, -0.15) is 0 Å². The van der Waals surface area contributed by atoms with Crippen LogP contribution in [0.3, 0.4) is 0 Å². The highest BCUT2D eigenvalue weighted by atomic mass is 16.6. The van der Waals surface area contributed by atoms with Gasteiger partial charge in [0.05, 0.1) is 32.7 Å².